The van der Waals surface area contributed by atoms with Crippen LogP contribution in [-0.2, 0) is 11.3 Å². The van der Waals surface area contributed by atoms with Crippen molar-refractivity contribution < 1.29 is 4.79 Å². The van der Waals surface area contributed by atoms with Gasteiger partial charge >= 0.3 is 0 Å². The van der Waals surface area contributed by atoms with Crippen molar-refractivity contribution in [2.75, 3.05) is 43.4 Å². The Morgan fingerprint density at radius 1 is 1.39 bits per heavy atom. The van der Waals surface area contributed by atoms with E-state index in [9.17, 15) is 4.79 Å². The van der Waals surface area contributed by atoms with Crippen molar-refractivity contribution in [2.45, 2.75) is 45.4 Å². The Labute approximate surface area is 208 Å². The minimum absolute atomic E-state index is 0. The molecule has 3 heterocycles. The lowest BCUT2D eigenvalue weighted by Gasteiger charge is -2.36. The number of nitrogens with one attached hydrogen (secondary N) is 1. The Kier molecular flexibility index (Phi) is 10.7. The number of nitrogens with two attached hydrogens (primary N) is 1. The second-order valence-corrected chi connectivity index (χ2v) is 9.79. The van der Waals surface area contributed by atoms with Gasteiger partial charge in [0.2, 0.25) is 5.91 Å². The fourth-order valence-corrected chi connectivity index (χ4v) is 5.40. The van der Waals surface area contributed by atoms with Crippen LogP contribution in [0, 0.1) is 11.8 Å². The Bertz CT molecular complexity index is 746. The van der Waals surface area contributed by atoms with Crippen molar-refractivity contribution in [2.24, 2.45) is 22.6 Å². The van der Waals surface area contributed by atoms with Crippen molar-refractivity contribution in [3.63, 3.8) is 0 Å². The van der Waals surface area contributed by atoms with Crippen LogP contribution in [0.1, 0.15) is 39.2 Å². The van der Waals surface area contributed by atoms with Crippen LogP contribution in [0.15, 0.2) is 23.3 Å². The van der Waals surface area contributed by atoms with Crippen molar-refractivity contribution in [1.29, 1.82) is 0 Å². The molecule has 2 aliphatic heterocycles. The van der Waals surface area contributed by atoms with Gasteiger partial charge < -0.3 is 20.9 Å². The number of carbonyl (C=O) groups excluding carboxylic acids is 1. The van der Waals surface area contributed by atoms with E-state index in [-0.39, 0.29) is 35.8 Å². The van der Waals surface area contributed by atoms with Gasteiger partial charge in [0.05, 0.1) is 12.5 Å². The van der Waals surface area contributed by atoms with Gasteiger partial charge in [0, 0.05) is 55.5 Å². The summed E-state index contributed by atoms with van der Waals surface area (Å²) in [5, 5.41) is 4.11. The predicted molar refractivity (Wildman–Crippen MR) is 141 cm³/mol. The number of carbonyl (C=O) groups is 1. The van der Waals surface area contributed by atoms with Gasteiger partial charge in [-0.3, -0.25) is 4.79 Å². The number of pyridine rings is 1. The van der Waals surface area contributed by atoms with Crippen LogP contribution in [0.5, 0.6) is 0 Å². The van der Waals surface area contributed by atoms with Crippen LogP contribution in [0.3, 0.4) is 0 Å². The molecule has 1 amide bonds. The summed E-state index contributed by atoms with van der Waals surface area (Å²) >= 11 is 2.07. The summed E-state index contributed by atoms with van der Waals surface area (Å²) in [6.07, 6.45) is 3.63. The van der Waals surface area contributed by atoms with Crippen LogP contribution in [0.25, 0.3) is 0 Å². The van der Waals surface area contributed by atoms with Gasteiger partial charge in [0.15, 0.2) is 5.96 Å². The van der Waals surface area contributed by atoms with Gasteiger partial charge in [-0.05, 0) is 31.7 Å². The summed E-state index contributed by atoms with van der Waals surface area (Å²) in [7, 11) is 0. The number of aliphatic imine (C=N–C) groups is 1. The van der Waals surface area contributed by atoms with E-state index in [1.54, 1.807) is 0 Å². The van der Waals surface area contributed by atoms with Gasteiger partial charge in [0.1, 0.15) is 5.82 Å². The number of nitrogens with zero attached hydrogens (tertiary/aromatic N) is 4. The van der Waals surface area contributed by atoms with Crippen LogP contribution >= 0.6 is 35.7 Å². The van der Waals surface area contributed by atoms with E-state index < -0.39 is 0 Å². The number of thioether (sulfide) groups is 1. The average molecular weight is 561 g/mol. The summed E-state index contributed by atoms with van der Waals surface area (Å²) in [5.41, 5.74) is 6.66. The number of rotatable bonds is 6. The molecule has 0 spiro atoms. The first kappa shape index (κ1) is 26.0. The number of aromatic nitrogens is 1. The second kappa shape index (κ2) is 12.7. The third kappa shape index (κ3) is 7.13. The van der Waals surface area contributed by atoms with Gasteiger partial charge in [-0.1, -0.05) is 19.9 Å². The molecule has 31 heavy (non-hydrogen) atoms. The zero-order valence-electron chi connectivity index (χ0n) is 18.9. The van der Waals surface area contributed by atoms with Crippen molar-refractivity contribution >= 4 is 53.4 Å². The zero-order chi connectivity index (χ0) is 21.5. The highest BCUT2D eigenvalue weighted by atomic mass is 127. The highest BCUT2D eigenvalue weighted by Crippen LogP contribution is 2.26. The molecule has 9 heteroatoms. The molecule has 2 aliphatic rings. The first-order chi connectivity index (χ1) is 14.5. The van der Waals surface area contributed by atoms with Crippen molar-refractivity contribution in [1.82, 2.24) is 15.2 Å². The van der Waals surface area contributed by atoms with E-state index in [1.807, 2.05) is 12.3 Å². The Morgan fingerprint density at radius 3 is 2.90 bits per heavy atom. The van der Waals surface area contributed by atoms with E-state index in [0.717, 1.165) is 62.1 Å². The molecular weight excluding hydrogens is 523 g/mol. The van der Waals surface area contributed by atoms with E-state index in [4.69, 9.17) is 10.7 Å². The fraction of sp³-hybridized carbons (Fsp3) is 0.682. The highest BCUT2D eigenvalue weighted by Gasteiger charge is 2.27. The molecule has 0 aromatic carbocycles. The van der Waals surface area contributed by atoms with E-state index in [0.29, 0.717) is 24.3 Å². The van der Waals surface area contributed by atoms with Gasteiger partial charge in [-0.25, -0.2) is 9.98 Å². The van der Waals surface area contributed by atoms with Crippen molar-refractivity contribution in [3.8, 4) is 0 Å². The first-order valence-electron chi connectivity index (χ1n) is 11.1. The quantitative estimate of drug-likeness (QED) is 0.316. The van der Waals surface area contributed by atoms with E-state index in [2.05, 4.69) is 58.7 Å². The summed E-state index contributed by atoms with van der Waals surface area (Å²) in [5.74, 6) is 3.38. The number of anilines is 1. The molecule has 2 unspecified atom stereocenters. The summed E-state index contributed by atoms with van der Waals surface area (Å²) < 4.78 is 0. The Hall–Kier alpha value is -1.23. The minimum Gasteiger partial charge on any atom is -0.369 e. The molecule has 3 rings (SSSR count). The van der Waals surface area contributed by atoms with Crippen LogP contribution in [0.2, 0.25) is 0 Å². The maximum atomic E-state index is 11.7. The standard InChI is InChI=1S/C22H36N6OS.HI/c1-4-24-22(28-11-12-30-19(15-28)16(2)3)26-13-17-7-5-9-25-21(17)27-10-6-8-18(14-27)20(23)29;/h5,7,9,16,18-19H,4,6,8,10-15H2,1-3H3,(H2,23,29)(H,24,26);1H. The van der Waals surface area contributed by atoms with Gasteiger partial charge in [0.25, 0.3) is 0 Å². The summed E-state index contributed by atoms with van der Waals surface area (Å²) in [4.78, 5) is 25.9. The number of piperidine rings is 1. The molecule has 2 fully saturated rings. The van der Waals surface area contributed by atoms with E-state index in [1.165, 1.54) is 0 Å². The monoisotopic (exact) mass is 560 g/mol. The molecule has 7 nitrogen and oxygen atoms in total. The van der Waals surface area contributed by atoms with E-state index >= 15 is 0 Å². The molecule has 3 N–H and O–H groups in total. The van der Waals surface area contributed by atoms with Crippen LogP contribution < -0.4 is 16.0 Å². The second-order valence-electron chi connectivity index (χ2n) is 8.44. The summed E-state index contributed by atoms with van der Waals surface area (Å²) in [6.45, 7) is 11.7. The Balaban J connectivity index is 0.00000341. The smallest absolute Gasteiger partial charge is 0.222 e. The van der Waals surface area contributed by atoms with Crippen molar-refractivity contribution in [3.05, 3.63) is 23.9 Å². The largest absolute Gasteiger partial charge is 0.369 e. The summed E-state index contributed by atoms with van der Waals surface area (Å²) in [6, 6.07) is 4.05. The normalized spacial score (nSPS) is 22.3. The lowest BCUT2D eigenvalue weighted by atomic mass is 9.97. The Morgan fingerprint density at radius 2 is 2.19 bits per heavy atom. The SMILES string of the molecule is CCNC(=NCc1cccnc1N1CCCC(C(N)=O)C1)N1CCSC(C(C)C)C1.I. The number of guanidine groups is 1. The molecule has 2 atom stereocenters. The predicted octanol–water partition coefficient (Wildman–Crippen LogP) is 2.94. The molecular formula is C22H37IN6OS. The topological polar surface area (TPSA) is 86.9 Å². The third-order valence-corrected chi connectivity index (χ3v) is 7.40. The number of amides is 1. The molecule has 0 saturated carbocycles. The average Bonchev–Trinajstić information content (AvgIpc) is 2.77. The fourth-order valence-electron chi connectivity index (χ4n) is 4.10. The van der Waals surface area contributed by atoms with Gasteiger partial charge in [-0.15, -0.1) is 24.0 Å². The number of halogens is 1. The molecule has 0 radical (unpaired) electrons. The zero-order valence-corrected chi connectivity index (χ0v) is 22.1. The molecule has 1 aromatic heterocycles. The van der Waals surface area contributed by atoms with Crippen LogP contribution in [0.4, 0.5) is 5.82 Å². The number of hydrogen-bond donors (Lipinski definition) is 2. The van der Waals surface area contributed by atoms with Crippen LogP contribution in [-0.4, -0.2) is 65.5 Å². The molecule has 0 aliphatic carbocycles. The van der Waals surface area contributed by atoms with Gasteiger partial charge in [-0.2, -0.15) is 11.8 Å². The molecule has 174 valence electrons. The first-order valence-corrected chi connectivity index (χ1v) is 12.2. The maximum Gasteiger partial charge on any atom is 0.222 e. The molecule has 0 bridgehead atoms. The lowest BCUT2D eigenvalue weighted by molar-refractivity contribution is -0.122. The molecule has 2 saturated heterocycles. The number of primary amides is 1. The molecule has 1 aromatic rings. The highest BCUT2D eigenvalue weighted by molar-refractivity contribution is 14.0. The lowest BCUT2D eigenvalue weighted by Crippen LogP contribution is -2.49. The third-order valence-electron chi connectivity index (χ3n) is 5.86. The minimum atomic E-state index is -0.215. The number of hydrogen-bond acceptors (Lipinski definition) is 5. The maximum absolute atomic E-state index is 11.7.